The van der Waals surface area contributed by atoms with Crippen LogP contribution in [0, 0.1) is 0 Å². The van der Waals surface area contributed by atoms with Crippen molar-refractivity contribution in [2.75, 3.05) is 33.4 Å². The number of nitrogens with zero attached hydrogens (tertiary/aromatic N) is 1. The van der Waals surface area contributed by atoms with Gasteiger partial charge in [-0.3, -0.25) is 4.99 Å². The van der Waals surface area contributed by atoms with Crippen molar-refractivity contribution in [3.05, 3.63) is 35.9 Å². The summed E-state index contributed by atoms with van der Waals surface area (Å²) >= 11 is 0. The van der Waals surface area contributed by atoms with Crippen molar-refractivity contribution in [2.24, 2.45) is 4.99 Å². The van der Waals surface area contributed by atoms with Crippen molar-refractivity contribution in [2.45, 2.75) is 44.4 Å². The van der Waals surface area contributed by atoms with Crippen LogP contribution in [0.5, 0.6) is 0 Å². The molecule has 1 saturated carbocycles. The van der Waals surface area contributed by atoms with Crippen LogP contribution >= 0.6 is 24.0 Å². The lowest BCUT2D eigenvalue weighted by atomic mass is 9.96. The Kier molecular flexibility index (Phi) is 10.3. The largest absolute Gasteiger partial charge is 0.385 e. The molecule has 0 aromatic heterocycles. The van der Waals surface area contributed by atoms with E-state index in [9.17, 15) is 0 Å². The van der Waals surface area contributed by atoms with Crippen LogP contribution in [0.2, 0.25) is 0 Å². The van der Waals surface area contributed by atoms with Gasteiger partial charge in [0.2, 0.25) is 0 Å². The van der Waals surface area contributed by atoms with Crippen LogP contribution in [-0.2, 0) is 10.2 Å². The van der Waals surface area contributed by atoms with Gasteiger partial charge in [-0.15, -0.1) is 24.0 Å². The van der Waals surface area contributed by atoms with Gasteiger partial charge in [0.05, 0.1) is 6.54 Å². The predicted octanol–water partition coefficient (Wildman–Crippen LogP) is 3.71. The van der Waals surface area contributed by atoms with Gasteiger partial charge >= 0.3 is 0 Å². The van der Waals surface area contributed by atoms with Gasteiger partial charge in [-0.25, -0.2) is 0 Å². The molecule has 2 N–H and O–H groups in total. The third-order valence-corrected chi connectivity index (χ3v) is 4.44. The van der Waals surface area contributed by atoms with Gasteiger partial charge < -0.3 is 15.4 Å². The molecule has 136 valence electrons. The Morgan fingerprint density at radius 2 is 1.88 bits per heavy atom. The first-order valence-electron chi connectivity index (χ1n) is 8.87. The summed E-state index contributed by atoms with van der Waals surface area (Å²) in [6, 6.07) is 10.8. The van der Waals surface area contributed by atoms with E-state index in [2.05, 4.69) is 47.9 Å². The number of ether oxygens (including phenoxy) is 1. The molecule has 0 saturated heterocycles. The normalized spacial score (nSPS) is 15.5. The summed E-state index contributed by atoms with van der Waals surface area (Å²) in [5.74, 6) is 0.946. The molecular formula is C19H32IN3O. The minimum atomic E-state index is 0. The third kappa shape index (κ3) is 6.97. The first-order valence-corrected chi connectivity index (χ1v) is 8.87. The molecule has 0 bridgehead atoms. The highest BCUT2D eigenvalue weighted by Crippen LogP contribution is 2.48. The molecule has 0 unspecified atom stereocenters. The van der Waals surface area contributed by atoms with Gasteiger partial charge in [0.25, 0.3) is 0 Å². The van der Waals surface area contributed by atoms with E-state index in [1.165, 1.54) is 24.8 Å². The molecule has 4 nitrogen and oxygen atoms in total. The summed E-state index contributed by atoms with van der Waals surface area (Å²) < 4.78 is 5.08. The van der Waals surface area contributed by atoms with E-state index in [0.29, 0.717) is 0 Å². The molecule has 1 aliphatic carbocycles. The maximum Gasteiger partial charge on any atom is 0.191 e. The Bertz CT molecular complexity index is 475. The van der Waals surface area contributed by atoms with Crippen LogP contribution < -0.4 is 10.6 Å². The van der Waals surface area contributed by atoms with Crippen LogP contribution in [0.3, 0.4) is 0 Å². The lowest BCUT2D eigenvalue weighted by Gasteiger charge is -2.16. The quantitative estimate of drug-likeness (QED) is 0.250. The van der Waals surface area contributed by atoms with Crippen molar-refractivity contribution in [3.8, 4) is 0 Å². The highest BCUT2D eigenvalue weighted by molar-refractivity contribution is 14.0. The first kappa shape index (κ1) is 21.2. The van der Waals surface area contributed by atoms with E-state index >= 15 is 0 Å². The van der Waals surface area contributed by atoms with Crippen molar-refractivity contribution >= 4 is 29.9 Å². The number of methoxy groups -OCH3 is 1. The summed E-state index contributed by atoms with van der Waals surface area (Å²) in [6.07, 6.45) is 5.96. The summed E-state index contributed by atoms with van der Waals surface area (Å²) in [4.78, 5) is 4.83. The average Bonchev–Trinajstić information content (AvgIpc) is 3.38. The number of hydrogen-bond acceptors (Lipinski definition) is 2. The van der Waals surface area contributed by atoms with Crippen LogP contribution in [0.25, 0.3) is 0 Å². The van der Waals surface area contributed by atoms with Crippen LogP contribution in [0.1, 0.15) is 44.6 Å². The second-order valence-corrected chi connectivity index (χ2v) is 6.32. The Labute approximate surface area is 163 Å². The summed E-state index contributed by atoms with van der Waals surface area (Å²) in [5, 5.41) is 6.80. The minimum Gasteiger partial charge on any atom is -0.385 e. The van der Waals surface area contributed by atoms with Crippen molar-refractivity contribution in [1.29, 1.82) is 0 Å². The number of hydrogen-bond donors (Lipinski definition) is 2. The highest BCUT2D eigenvalue weighted by atomic mass is 127. The van der Waals surface area contributed by atoms with Gasteiger partial charge in [-0.05, 0) is 44.6 Å². The molecule has 0 amide bonds. The van der Waals surface area contributed by atoms with E-state index in [4.69, 9.17) is 9.73 Å². The molecule has 1 aromatic carbocycles. The summed E-state index contributed by atoms with van der Waals surface area (Å²) in [5.41, 5.74) is 1.71. The van der Waals surface area contributed by atoms with Crippen molar-refractivity contribution in [1.82, 2.24) is 10.6 Å². The average molecular weight is 445 g/mol. The SMILES string of the molecule is CCNC(=NCC1(c2ccccc2)CC1)NCCCCCOC.I. The molecule has 5 heteroatoms. The Morgan fingerprint density at radius 1 is 1.12 bits per heavy atom. The van der Waals surface area contributed by atoms with Crippen LogP contribution in [0.4, 0.5) is 0 Å². The van der Waals surface area contributed by atoms with E-state index < -0.39 is 0 Å². The minimum absolute atomic E-state index is 0. The second kappa shape index (κ2) is 11.7. The molecule has 1 aliphatic rings. The predicted molar refractivity (Wildman–Crippen MR) is 112 cm³/mol. The van der Waals surface area contributed by atoms with Crippen molar-refractivity contribution in [3.63, 3.8) is 0 Å². The lowest BCUT2D eigenvalue weighted by Crippen LogP contribution is -2.38. The maximum absolute atomic E-state index is 5.08. The standard InChI is InChI=1S/C19H31N3O.HI/c1-3-20-18(21-14-8-5-9-15-23-2)22-16-19(12-13-19)17-10-6-4-7-11-17;/h4,6-7,10-11H,3,5,8-9,12-16H2,1-2H3,(H2,20,21,22);1H. The van der Waals surface area contributed by atoms with Crippen LogP contribution in [-0.4, -0.2) is 39.3 Å². The van der Waals surface area contributed by atoms with Gasteiger partial charge in [0, 0.05) is 32.2 Å². The zero-order chi connectivity index (χ0) is 16.4. The summed E-state index contributed by atoms with van der Waals surface area (Å²) in [6.45, 7) is 5.70. The first-order chi connectivity index (χ1) is 11.3. The number of aliphatic imine (C=N–C) groups is 1. The molecule has 0 spiro atoms. The molecule has 24 heavy (non-hydrogen) atoms. The summed E-state index contributed by atoms with van der Waals surface area (Å²) in [7, 11) is 1.76. The fourth-order valence-corrected chi connectivity index (χ4v) is 2.81. The zero-order valence-electron chi connectivity index (χ0n) is 15.0. The Balaban J connectivity index is 0.00000288. The van der Waals surface area contributed by atoms with Gasteiger partial charge in [-0.1, -0.05) is 30.3 Å². The topological polar surface area (TPSA) is 45.7 Å². The molecular weight excluding hydrogens is 413 g/mol. The number of halogens is 1. The molecule has 2 rings (SSSR count). The number of unbranched alkanes of at least 4 members (excludes halogenated alkanes) is 2. The number of benzene rings is 1. The fourth-order valence-electron chi connectivity index (χ4n) is 2.81. The van der Waals surface area contributed by atoms with E-state index in [1.54, 1.807) is 7.11 Å². The molecule has 0 radical (unpaired) electrons. The maximum atomic E-state index is 5.08. The number of guanidine groups is 1. The van der Waals surface area contributed by atoms with E-state index in [-0.39, 0.29) is 29.4 Å². The smallest absolute Gasteiger partial charge is 0.191 e. The van der Waals surface area contributed by atoms with E-state index in [1.807, 2.05) is 0 Å². The highest BCUT2D eigenvalue weighted by Gasteiger charge is 2.43. The zero-order valence-corrected chi connectivity index (χ0v) is 17.3. The van der Waals surface area contributed by atoms with Gasteiger partial charge in [0.15, 0.2) is 5.96 Å². The molecule has 0 atom stereocenters. The van der Waals surface area contributed by atoms with Gasteiger partial charge in [-0.2, -0.15) is 0 Å². The number of rotatable bonds is 10. The second-order valence-electron chi connectivity index (χ2n) is 6.32. The van der Waals surface area contributed by atoms with E-state index in [0.717, 1.165) is 45.0 Å². The molecule has 1 aromatic rings. The molecule has 0 aliphatic heterocycles. The fraction of sp³-hybridized carbons (Fsp3) is 0.632. The monoisotopic (exact) mass is 445 g/mol. The lowest BCUT2D eigenvalue weighted by molar-refractivity contribution is 0.192. The Hall–Kier alpha value is -0.820. The van der Waals surface area contributed by atoms with Crippen molar-refractivity contribution < 1.29 is 4.74 Å². The number of nitrogens with one attached hydrogen (secondary N) is 2. The Morgan fingerprint density at radius 3 is 2.50 bits per heavy atom. The molecule has 0 heterocycles. The van der Waals surface area contributed by atoms with Gasteiger partial charge in [0.1, 0.15) is 0 Å². The molecule has 1 fully saturated rings. The third-order valence-electron chi connectivity index (χ3n) is 4.44. The van der Waals surface area contributed by atoms with Crippen LogP contribution in [0.15, 0.2) is 35.3 Å².